The lowest BCUT2D eigenvalue weighted by molar-refractivity contribution is 0.520. The Morgan fingerprint density at radius 1 is 1.53 bits per heavy atom. The first-order valence-corrected chi connectivity index (χ1v) is 7.49. The third-order valence-electron chi connectivity index (χ3n) is 1.86. The molecule has 17 heavy (non-hydrogen) atoms. The van der Waals surface area contributed by atoms with Gasteiger partial charge in [0.2, 0.25) is 10.0 Å². The predicted molar refractivity (Wildman–Crippen MR) is 70.8 cm³/mol. The molecule has 0 aliphatic carbocycles. The highest BCUT2D eigenvalue weighted by Crippen LogP contribution is 2.21. The van der Waals surface area contributed by atoms with Crippen molar-refractivity contribution in [3.8, 4) is 0 Å². The number of sulfonamides is 1. The predicted octanol–water partition coefficient (Wildman–Crippen LogP) is 2.18. The van der Waals surface area contributed by atoms with Gasteiger partial charge in [-0.2, -0.15) is 0 Å². The van der Waals surface area contributed by atoms with Crippen LogP contribution in [0.2, 0.25) is 0 Å². The van der Waals surface area contributed by atoms with Gasteiger partial charge in [0, 0.05) is 31.1 Å². The normalized spacial score (nSPS) is 11.8. The number of hydrogen-bond acceptors (Lipinski definition) is 4. The van der Waals surface area contributed by atoms with Crippen molar-refractivity contribution in [3.05, 3.63) is 29.9 Å². The highest BCUT2D eigenvalue weighted by molar-refractivity contribution is 7.99. The summed E-state index contributed by atoms with van der Waals surface area (Å²) in [6, 6.07) is 3.18. The largest absolute Gasteiger partial charge is 0.249 e. The fourth-order valence-corrected chi connectivity index (χ4v) is 2.57. The van der Waals surface area contributed by atoms with E-state index in [1.54, 1.807) is 6.07 Å². The SMILES string of the molecule is C=C(Cl)CSc1ccc(S(=O)(=O)N(C)C)cn1. The Morgan fingerprint density at radius 3 is 2.59 bits per heavy atom. The van der Waals surface area contributed by atoms with Crippen molar-refractivity contribution in [2.24, 2.45) is 0 Å². The van der Waals surface area contributed by atoms with Crippen molar-refractivity contribution in [2.75, 3.05) is 19.8 Å². The molecule has 7 heteroatoms. The zero-order valence-corrected chi connectivity index (χ0v) is 11.9. The van der Waals surface area contributed by atoms with Crippen LogP contribution in [0.15, 0.2) is 39.9 Å². The molecule has 0 aliphatic rings. The van der Waals surface area contributed by atoms with Gasteiger partial charge in [0.15, 0.2) is 0 Å². The quantitative estimate of drug-likeness (QED) is 0.781. The first-order chi connectivity index (χ1) is 7.84. The van der Waals surface area contributed by atoms with Crippen LogP contribution in [-0.2, 0) is 10.0 Å². The van der Waals surface area contributed by atoms with E-state index in [1.807, 2.05) is 0 Å². The van der Waals surface area contributed by atoms with Crippen LogP contribution >= 0.6 is 23.4 Å². The molecule has 4 nitrogen and oxygen atoms in total. The number of pyridine rings is 1. The molecule has 0 aliphatic heterocycles. The molecule has 1 aromatic rings. The van der Waals surface area contributed by atoms with E-state index < -0.39 is 10.0 Å². The van der Waals surface area contributed by atoms with Crippen molar-refractivity contribution in [2.45, 2.75) is 9.92 Å². The fourth-order valence-electron chi connectivity index (χ4n) is 0.968. The Hall–Kier alpha value is -0.560. The maximum atomic E-state index is 11.8. The fraction of sp³-hybridized carbons (Fsp3) is 0.300. The summed E-state index contributed by atoms with van der Waals surface area (Å²) in [5.41, 5.74) is 0. The molecule has 0 fully saturated rings. The molecule has 0 radical (unpaired) electrons. The number of thioether (sulfide) groups is 1. The first-order valence-electron chi connectivity index (χ1n) is 4.68. The van der Waals surface area contributed by atoms with E-state index in [9.17, 15) is 8.42 Å². The van der Waals surface area contributed by atoms with Crippen molar-refractivity contribution >= 4 is 33.4 Å². The molecule has 94 valence electrons. The maximum Gasteiger partial charge on any atom is 0.244 e. The Morgan fingerprint density at radius 2 is 2.18 bits per heavy atom. The summed E-state index contributed by atoms with van der Waals surface area (Å²) in [6.07, 6.45) is 1.34. The second-order valence-corrected chi connectivity index (χ2v) is 7.11. The van der Waals surface area contributed by atoms with E-state index in [0.29, 0.717) is 15.8 Å². The van der Waals surface area contributed by atoms with Crippen LogP contribution in [-0.4, -0.2) is 37.6 Å². The van der Waals surface area contributed by atoms with Gasteiger partial charge in [0.25, 0.3) is 0 Å². The molecule has 0 amide bonds. The lowest BCUT2D eigenvalue weighted by atomic mass is 10.5. The molecule has 0 saturated heterocycles. The molecule has 0 bridgehead atoms. The van der Waals surface area contributed by atoms with E-state index in [0.717, 1.165) is 4.31 Å². The van der Waals surface area contributed by atoms with Crippen LogP contribution in [0.5, 0.6) is 0 Å². The van der Waals surface area contributed by atoms with Crippen molar-refractivity contribution < 1.29 is 8.42 Å². The molecule has 1 rings (SSSR count). The summed E-state index contributed by atoms with van der Waals surface area (Å²) >= 11 is 7.03. The number of nitrogens with zero attached hydrogens (tertiary/aromatic N) is 2. The van der Waals surface area contributed by atoms with Gasteiger partial charge in [0.05, 0.1) is 5.03 Å². The Kier molecular flexibility index (Phi) is 5.00. The molecule has 1 heterocycles. The van der Waals surface area contributed by atoms with Gasteiger partial charge in [-0.1, -0.05) is 18.2 Å². The average molecular weight is 293 g/mol. The first kappa shape index (κ1) is 14.5. The molecule has 0 unspecified atom stereocenters. The van der Waals surface area contributed by atoms with Gasteiger partial charge in [-0.05, 0) is 12.1 Å². The van der Waals surface area contributed by atoms with E-state index >= 15 is 0 Å². The average Bonchev–Trinajstić information content (AvgIpc) is 2.26. The van der Waals surface area contributed by atoms with Gasteiger partial charge < -0.3 is 0 Å². The topological polar surface area (TPSA) is 50.3 Å². The number of halogens is 1. The minimum atomic E-state index is -3.41. The second kappa shape index (κ2) is 5.86. The molecule has 0 spiro atoms. The highest BCUT2D eigenvalue weighted by Gasteiger charge is 2.17. The van der Waals surface area contributed by atoms with Crippen molar-refractivity contribution in [3.63, 3.8) is 0 Å². The van der Waals surface area contributed by atoms with Gasteiger partial charge in [-0.25, -0.2) is 17.7 Å². The lowest BCUT2D eigenvalue weighted by Crippen LogP contribution is -2.22. The van der Waals surface area contributed by atoms with Gasteiger partial charge in [0.1, 0.15) is 4.90 Å². The van der Waals surface area contributed by atoms with Crippen molar-refractivity contribution in [1.82, 2.24) is 9.29 Å². The van der Waals surface area contributed by atoms with Gasteiger partial charge >= 0.3 is 0 Å². The second-order valence-electron chi connectivity index (χ2n) is 3.43. The molecule has 1 aromatic heterocycles. The third kappa shape index (κ3) is 3.99. The van der Waals surface area contributed by atoms with E-state index in [4.69, 9.17) is 11.6 Å². The lowest BCUT2D eigenvalue weighted by Gasteiger charge is -2.10. The Bertz CT molecular complexity index is 498. The minimum Gasteiger partial charge on any atom is -0.249 e. The monoisotopic (exact) mass is 292 g/mol. The smallest absolute Gasteiger partial charge is 0.244 e. The standard InChI is InChI=1S/C10H13ClN2O2S2/c1-8(11)7-16-10-5-4-9(6-12-10)17(14,15)13(2)3/h4-6H,1,7H2,2-3H3. The number of hydrogen-bond donors (Lipinski definition) is 0. The molecular weight excluding hydrogens is 280 g/mol. The Balaban J connectivity index is 2.85. The van der Waals surface area contributed by atoms with E-state index in [2.05, 4.69) is 11.6 Å². The maximum absolute atomic E-state index is 11.8. The zero-order valence-electron chi connectivity index (χ0n) is 9.55. The number of aromatic nitrogens is 1. The summed E-state index contributed by atoms with van der Waals surface area (Å²) in [6.45, 7) is 3.56. The van der Waals surface area contributed by atoms with Crippen LogP contribution < -0.4 is 0 Å². The van der Waals surface area contributed by atoms with Crippen LogP contribution in [0.1, 0.15) is 0 Å². The summed E-state index contributed by atoms with van der Waals surface area (Å²) in [5.74, 6) is 0.550. The molecule has 0 aromatic carbocycles. The van der Waals surface area contributed by atoms with E-state index in [-0.39, 0.29) is 4.90 Å². The van der Waals surface area contributed by atoms with Gasteiger partial charge in [-0.15, -0.1) is 11.8 Å². The van der Waals surface area contributed by atoms with Crippen LogP contribution in [0.4, 0.5) is 0 Å². The zero-order chi connectivity index (χ0) is 13.1. The van der Waals surface area contributed by atoms with Crippen LogP contribution in [0.3, 0.4) is 0 Å². The summed E-state index contributed by atoms with van der Waals surface area (Å²) in [5, 5.41) is 1.24. The third-order valence-corrected chi connectivity index (χ3v) is 4.99. The van der Waals surface area contributed by atoms with E-state index in [1.165, 1.54) is 38.1 Å². The number of rotatable bonds is 5. The Labute approximate surface area is 111 Å². The van der Waals surface area contributed by atoms with Crippen molar-refractivity contribution in [1.29, 1.82) is 0 Å². The summed E-state index contributed by atoms with van der Waals surface area (Å²) < 4.78 is 24.7. The summed E-state index contributed by atoms with van der Waals surface area (Å²) in [7, 11) is -0.444. The minimum absolute atomic E-state index is 0.177. The van der Waals surface area contributed by atoms with Crippen LogP contribution in [0.25, 0.3) is 0 Å². The molecular formula is C10H13ClN2O2S2. The molecule has 0 atom stereocenters. The van der Waals surface area contributed by atoms with Gasteiger partial charge in [-0.3, -0.25) is 0 Å². The highest BCUT2D eigenvalue weighted by atomic mass is 35.5. The van der Waals surface area contributed by atoms with Crippen LogP contribution in [0, 0.1) is 0 Å². The molecule has 0 N–H and O–H groups in total. The summed E-state index contributed by atoms with van der Waals surface area (Å²) in [4.78, 5) is 4.23. The molecule has 0 saturated carbocycles.